The largest absolute Gasteiger partial charge is 0.358 e. The number of aryl methyl sites for hydroxylation is 2. The van der Waals surface area contributed by atoms with E-state index in [0.717, 1.165) is 40.3 Å². The van der Waals surface area contributed by atoms with Crippen molar-refractivity contribution in [2.45, 2.75) is 27.2 Å². The summed E-state index contributed by atoms with van der Waals surface area (Å²) in [5.41, 5.74) is 5.26. The number of anilines is 3. The third-order valence-corrected chi connectivity index (χ3v) is 4.73. The van der Waals surface area contributed by atoms with Gasteiger partial charge in [-0.25, -0.2) is 9.97 Å². The van der Waals surface area contributed by atoms with Crippen LogP contribution in [0.1, 0.15) is 25.1 Å². The van der Waals surface area contributed by atoms with Gasteiger partial charge in [0, 0.05) is 24.3 Å². The second-order valence-corrected chi connectivity index (χ2v) is 6.54. The molecule has 1 aromatic carbocycles. The molecule has 25 heavy (non-hydrogen) atoms. The molecular formula is C19H23N5S. The van der Waals surface area contributed by atoms with Crippen molar-refractivity contribution in [1.29, 1.82) is 0 Å². The van der Waals surface area contributed by atoms with Crippen LogP contribution >= 0.6 is 11.3 Å². The molecule has 130 valence electrons. The topological polar surface area (TPSA) is 54.8 Å². The first kappa shape index (κ1) is 17.2. The second-order valence-electron chi connectivity index (χ2n) is 5.69. The van der Waals surface area contributed by atoms with Gasteiger partial charge in [-0.15, -0.1) is 11.3 Å². The SMILES string of the molecule is C/C=C\n1c(NC)nc(C)c1-c1csc(Nc2ccc(CC)cc2)n1. The lowest BCUT2D eigenvalue weighted by Gasteiger charge is -2.05. The van der Waals surface area contributed by atoms with Gasteiger partial charge in [-0.3, -0.25) is 4.57 Å². The molecule has 0 saturated heterocycles. The number of thiazole rings is 1. The van der Waals surface area contributed by atoms with Gasteiger partial charge in [0.1, 0.15) is 5.69 Å². The first-order chi connectivity index (χ1) is 12.2. The smallest absolute Gasteiger partial charge is 0.207 e. The molecule has 3 rings (SSSR count). The van der Waals surface area contributed by atoms with E-state index in [-0.39, 0.29) is 0 Å². The molecule has 0 aliphatic carbocycles. The van der Waals surface area contributed by atoms with E-state index in [1.807, 2.05) is 37.7 Å². The second kappa shape index (κ2) is 7.53. The molecule has 3 aromatic rings. The van der Waals surface area contributed by atoms with Crippen molar-refractivity contribution in [3.8, 4) is 11.4 Å². The quantitative estimate of drug-likeness (QED) is 0.643. The van der Waals surface area contributed by atoms with Crippen LogP contribution in [0.3, 0.4) is 0 Å². The molecule has 0 spiro atoms. The van der Waals surface area contributed by atoms with Crippen LogP contribution in [0.5, 0.6) is 0 Å². The highest BCUT2D eigenvalue weighted by molar-refractivity contribution is 7.14. The van der Waals surface area contributed by atoms with Gasteiger partial charge >= 0.3 is 0 Å². The zero-order valence-corrected chi connectivity index (χ0v) is 15.8. The predicted molar refractivity (Wildman–Crippen MR) is 108 cm³/mol. The van der Waals surface area contributed by atoms with Crippen LogP contribution in [-0.4, -0.2) is 21.6 Å². The fourth-order valence-corrected chi connectivity index (χ4v) is 3.43. The lowest BCUT2D eigenvalue weighted by Crippen LogP contribution is -1.99. The summed E-state index contributed by atoms with van der Waals surface area (Å²) in [5.74, 6) is 0.809. The minimum Gasteiger partial charge on any atom is -0.358 e. The van der Waals surface area contributed by atoms with E-state index in [4.69, 9.17) is 4.98 Å². The Morgan fingerprint density at radius 1 is 1.20 bits per heavy atom. The number of benzene rings is 1. The minimum atomic E-state index is 0.809. The van der Waals surface area contributed by atoms with Gasteiger partial charge < -0.3 is 10.6 Å². The van der Waals surface area contributed by atoms with E-state index in [1.165, 1.54) is 5.56 Å². The van der Waals surface area contributed by atoms with E-state index in [0.29, 0.717) is 0 Å². The Bertz CT molecular complexity index is 874. The molecule has 0 amide bonds. The molecule has 0 radical (unpaired) electrons. The van der Waals surface area contributed by atoms with Crippen LogP contribution in [0.4, 0.5) is 16.8 Å². The van der Waals surface area contributed by atoms with Gasteiger partial charge in [0.25, 0.3) is 0 Å². The summed E-state index contributed by atoms with van der Waals surface area (Å²) in [4.78, 5) is 9.34. The van der Waals surface area contributed by atoms with Gasteiger partial charge in [0.15, 0.2) is 5.13 Å². The molecule has 5 nitrogen and oxygen atoms in total. The summed E-state index contributed by atoms with van der Waals surface area (Å²) in [5, 5.41) is 9.45. The Kier molecular flexibility index (Phi) is 5.19. The highest BCUT2D eigenvalue weighted by atomic mass is 32.1. The van der Waals surface area contributed by atoms with Crippen molar-refractivity contribution in [1.82, 2.24) is 14.5 Å². The van der Waals surface area contributed by atoms with E-state index < -0.39 is 0 Å². The number of hydrogen-bond donors (Lipinski definition) is 2. The van der Waals surface area contributed by atoms with E-state index in [2.05, 4.69) is 52.2 Å². The van der Waals surface area contributed by atoms with E-state index in [9.17, 15) is 0 Å². The van der Waals surface area contributed by atoms with Gasteiger partial charge in [0.2, 0.25) is 5.95 Å². The van der Waals surface area contributed by atoms with Crippen LogP contribution in [0, 0.1) is 6.92 Å². The molecule has 0 aliphatic rings. The van der Waals surface area contributed by atoms with Crippen LogP contribution in [0.2, 0.25) is 0 Å². The average molecular weight is 353 g/mol. The lowest BCUT2D eigenvalue weighted by molar-refractivity contribution is 1.12. The first-order valence-electron chi connectivity index (χ1n) is 8.37. The highest BCUT2D eigenvalue weighted by Crippen LogP contribution is 2.31. The minimum absolute atomic E-state index is 0.809. The summed E-state index contributed by atoms with van der Waals surface area (Å²) < 4.78 is 2.03. The molecule has 0 fully saturated rings. The van der Waals surface area contributed by atoms with Crippen molar-refractivity contribution >= 4 is 34.3 Å². The summed E-state index contributed by atoms with van der Waals surface area (Å²) in [6.07, 6.45) is 5.03. The molecule has 0 saturated carbocycles. The molecule has 6 heteroatoms. The molecule has 2 N–H and O–H groups in total. The Balaban J connectivity index is 1.89. The van der Waals surface area contributed by atoms with Crippen molar-refractivity contribution < 1.29 is 0 Å². The maximum Gasteiger partial charge on any atom is 0.207 e. The first-order valence-corrected chi connectivity index (χ1v) is 9.25. The van der Waals surface area contributed by atoms with Gasteiger partial charge in [-0.05, 0) is 38.0 Å². The van der Waals surface area contributed by atoms with Crippen molar-refractivity contribution in [3.05, 3.63) is 47.0 Å². The van der Waals surface area contributed by atoms with Crippen LogP contribution in [-0.2, 0) is 6.42 Å². The number of imidazole rings is 1. The van der Waals surface area contributed by atoms with E-state index >= 15 is 0 Å². The Labute approximate surface area is 152 Å². The third kappa shape index (κ3) is 3.58. The molecule has 0 atom stereocenters. The average Bonchev–Trinajstić information content (AvgIpc) is 3.20. The van der Waals surface area contributed by atoms with Gasteiger partial charge in [-0.2, -0.15) is 0 Å². The number of rotatable bonds is 6. The molecule has 2 heterocycles. The maximum absolute atomic E-state index is 4.75. The number of nitrogens with one attached hydrogen (secondary N) is 2. The highest BCUT2D eigenvalue weighted by Gasteiger charge is 2.16. The monoisotopic (exact) mass is 353 g/mol. The van der Waals surface area contributed by atoms with Crippen molar-refractivity contribution in [2.24, 2.45) is 0 Å². The maximum atomic E-state index is 4.75. The fourth-order valence-electron chi connectivity index (χ4n) is 2.71. The fraction of sp³-hybridized carbons (Fsp3) is 0.263. The van der Waals surface area contributed by atoms with Gasteiger partial charge in [-0.1, -0.05) is 25.1 Å². The molecule has 2 aromatic heterocycles. The number of nitrogens with zero attached hydrogens (tertiary/aromatic N) is 3. The number of aromatic nitrogens is 3. The van der Waals surface area contributed by atoms with Crippen LogP contribution < -0.4 is 10.6 Å². The zero-order valence-electron chi connectivity index (χ0n) is 15.0. The molecule has 0 bridgehead atoms. The molecular weight excluding hydrogens is 330 g/mol. The molecule has 0 aliphatic heterocycles. The summed E-state index contributed by atoms with van der Waals surface area (Å²) >= 11 is 1.59. The summed E-state index contributed by atoms with van der Waals surface area (Å²) in [6, 6.07) is 8.46. The van der Waals surface area contributed by atoms with Crippen molar-refractivity contribution in [3.63, 3.8) is 0 Å². The predicted octanol–water partition coefficient (Wildman–Crippen LogP) is 5.15. The summed E-state index contributed by atoms with van der Waals surface area (Å²) in [7, 11) is 1.87. The summed E-state index contributed by atoms with van der Waals surface area (Å²) in [6.45, 7) is 6.16. The lowest BCUT2D eigenvalue weighted by atomic mass is 10.1. The Morgan fingerprint density at radius 3 is 2.60 bits per heavy atom. The molecule has 0 unspecified atom stereocenters. The third-order valence-electron chi connectivity index (χ3n) is 3.97. The normalized spacial score (nSPS) is 11.2. The zero-order chi connectivity index (χ0) is 17.8. The Morgan fingerprint density at radius 2 is 1.96 bits per heavy atom. The Hall–Kier alpha value is -2.60. The van der Waals surface area contributed by atoms with Crippen LogP contribution in [0.25, 0.3) is 17.6 Å². The van der Waals surface area contributed by atoms with E-state index in [1.54, 1.807) is 11.3 Å². The standard InChI is InChI=1S/C19H23N5S/c1-5-11-24-17(13(3)21-18(24)20-4)16-12-25-19(23-16)22-15-9-7-14(6-2)8-10-15/h5,7-12H,6H2,1-4H3,(H,20,21)(H,22,23)/b11-5-. The van der Waals surface area contributed by atoms with Crippen LogP contribution in [0.15, 0.2) is 35.7 Å². The van der Waals surface area contributed by atoms with Gasteiger partial charge in [0.05, 0.1) is 11.4 Å². The van der Waals surface area contributed by atoms with Crippen molar-refractivity contribution in [2.75, 3.05) is 17.7 Å². The number of hydrogen-bond acceptors (Lipinski definition) is 5. The number of allylic oxidation sites excluding steroid dienone is 1.